The van der Waals surface area contributed by atoms with Gasteiger partial charge in [-0.05, 0) is 38.1 Å². The van der Waals surface area contributed by atoms with Gasteiger partial charge in [-0.15, -0.1) is 0 Å². The molecule has 0 saturated heterocycles. The van der Waals surface area contributed by atoms with Gasteiger partial charge in [-0.25, -0.2) is 0 Å². The van der Waals surface area contributed by atoms with Gasteiger partial charge in [0, 0.05) is 37.4 Å². The van der Waals surface area contributed by atoms with Gasteiger partial charge in [0.05, 0.1) is 0 Å². The van der Waals surface area contributed by atoms with E-state index in [1.54, 1.807) is 0 Å². The van der Waals surface area contributed by atoms with Gasteiger partial charge < -0.3 is 16.0 Å². The molecule has 17 heavy (non-hydrogen) atoms. The lowest BCUT2D eigenvalue weighted by molar-refractivity contribution is 0.0916. The van der Waals surface area contributed by atoms with Gasteiger partial charge in [0.1, 0.15) is 0 Å². The number of hydrogen-bond donors (Lipinski definition) is 2. The minimum Gasteiger partial charge on any atom is -0.378 e. The molecule has 1 aromatic carbocycles. The minimum atomic E-state index is -0.378. The summed E-state index contributed by atoms with van der Waals surface area (Å²) < 4.78 is 0. The van der Waals surface area contributed by atoms with Crippen molar-refractivity contribution in [1.29, 1.82) is 0 Å². The summed E-state index contributed by atoms with van der Waals surface area (Å²) >= 11 is 0. The molecule has 0 bridgehead atoms. The Morgan fingerprint density at radius 1 is 1.29 bits per heavy atom. The lowest BCUT2D eigenvalue weighted by Crippen LogP contribution is -2.48. The van der Waals surface area contributed by atoms with E-state index in [1.807, 2.05) is 57.1 Å². The van der Waals surface area contributed by atoms with Crippen molar-refractivity contribution in [3.05, 3.63) is 29.8 Å². The zero-order valence-corrected chi connectivity index (χ0v) is 10.9. The van der Waals surface area contributed by atoms with Crippen molar-refractivity contribution in [2.45, 2.75) is 19.4 Å². The molecule has 0 fully saturated rings. The number of carbonyl (C=O) groups is 1. The molecule has 0 aliphatic carbocycles. The maximum absolute atomic E-state index is 11.9. The van der Waals surface area contributed by atoms with Crippen molar-refractivity contribution in [2.75, 3.05) is 25.5 Å². The van der Waals surface area contributed by atoms with Gasteiger partial charge >= 0.3 is 0 Å². The van der Waals surface area contributed by atoms with E-state index in [0.29, 0.717) is 12.1 Å². The van der Waals surface area contributed by atoms with Gasteiger partial charge in [-0.1, -0.05) is 0 Å². The summed E-state index contributed by atoms with van der Waals surface area (Å²) in [5.41, 5.74) is 6.92. The average molecular weight is 235 g/mol. The van der Waals surface area contributed by atoms with Crippen LogP contribution >= 0.6 is 0 Å². The van der Waals surface area contributed by atoms with Crippen LogP contribution in [-0.2, 0) is 0 Å². The van der Waals surface area contributed by atoms with Crippen LogP contribution in [0.4, 0.5) is 5.69 Å². The molecule has 1 amide bonds. The Balaban J connectivity index is 2.77. The fourth-order valence-electron chi connectivity index (χ4n) is 1.34. The smallest absolute Gasteiger partial charge is 0.251 e. The highest BCUT2D eigenvalue weighted by Gasteiger charge is 2.18. The quantitative estimate of drug-likeness (QED) is 0.825. The second kappa shape index (κ2) is 5.19. The molecule has 0 heterocycles. The molecule has 3 N–H and O–H groups in total. The highest BCUT2D eigenvalue weighted by molar-refractivity contribution is 5.95. The third-order valence-corrected chi connectivity index (χ3v) is 2.61. The molecule has 94 valence electrons. The minimum absolute atomic E-state index is 0.0919. The third kappa shape index (κ3) is 3.75. The first-order chi connectivity index (χ1) is 7.85. The van der Waals surface area contributed by atoms with E-state index in [9.17, 15) is 4.79 Å². The molecular weight excluding hydrogens is 214 g/mol. The van der Waals surface area contributed by atoms with Crippen molar-refractivity contribution >= 4 is 11.6 Å². The highest BCUT2D eigenvalue weighted by Crippen LogP contribution is 2.12. The summed E-state index contributed by atoms with van der Waals surface area (Å²) in [6.45, 7) is 4.21. The first kappa shape index (κ1) is 13.5. The van der Waals surface area contributed by atoms with E-state index in [2.05, 4.69) is 5.32 Å². The first-order valence-corrected chi connectivity index (χ1v) is 5.66. The molecule has 0 unspecified atom stereocenters. The van der Waals surface area contributed by atoms with Gasteiger partial charge in [0.2, 0.25) is 0 Å². The number of rotatable bonds is 4. The molecule has 0 aromatic heterocycles. The van der Waals surface area contributed by atoms with Crippen molar-refractivity contribution in [2.24, 2.45) is 5.73 Å². The molecule has 0 aliphatic heterocycles. The molecule has 0 spiro atoms. The second-order valence-electron chi connectivity index (χ2n) is 4.98. The first-order valence-electron chi connectivity index (χ1n) is 5.66. The number of nitrogens with two attached hydrogens (primary N) is 1. The Bertz CT molecular complexity index is 382. The number of amides is 1. The molecule has 4 nitrogen and oxygen atoms in total. The van der Waals surface area contributed by atoms with Crippen molar-refractivity contribution in [3.8, 4) is 0 Å². The Hall–Kier alpha value is -1.55. The van der Waals surface area contributed by atoms with Crippen LogP contribution in [0.1, 0.15) is 24.2 Å². The van der Waals surface area contributed by atoms with Crippen LogP contribution in [-0.4, -0.2) is 32.1 Å². The molecule has 1 aromatic rings. The predicted molar refractivity (Wildman–Crippen MR) is 71.4 cm³/mol. The lowest BCUT2D eigenvalue weighted by atomic mass is 10.1. The average Bonchev–Trinajstić information content (AvgIpc) is 2.28. The summed E-state index contributed by atoms with van der Waals surface area (Å²) in [6.07, 6.45) is 0. The maximum atomic E-state index is 11.9. The monoisotopic (exact) mass is 235 g/mol. The van der Waals surface area contributed by atoms with Crippen molar-refractivity contribution < 1.29 is 4.79 Å². The number of anilines is 1. The summed E-state index contributed by atoms with van der Waals surface area (Å²) in [4.78, 5) is 13.9. The molecule has 0 atom stereocenters. The highest BCUT2D eigenvalue weighted by atomic mass is 16.1. The zero-order chi connectivity index (χ0) is 13.1. The molecule has 0 radical (unpaired) electrons. The van der Waals surface area contributed by atoms with Crippen LogP contribution in [0.2, 0.25) is 0 Å². The fraction of sp³-hybridized carbons (Fsp3) is 0.462. The zero-order valence-electron chi connectivity index (χ0n) is 10.9. The number of carbonyl (C=O) groups excluding carboxylic acids is 1. The SMILES string of the molecule is CN(C)c1ccc(C(=O)NC(C)(C)CN)cc1. The van der Waals surface area contributed by atoms with Crippen LogP contribution in [0.5, 0.6) is 0 Å². The van der Waals surface area contributed by atoms with E-state index in [-0.39, 0.29) is 11.4 Å². The summed E-state index contributed by atoms with van der Waals surface area (Å²) in [5, 5.41) is 2.89. The van der Waals surface area contributed by atoms with Gasteiger partial charge in [0.25, 0.3) is 5.91 Å². The Morgan fingerprint density at radius 2 is 1.82 bits per heavy atom. The van der Waals surface area contributed by atoms with Crippen LogP contribution < -0.4 is 16.0 Å². The van der Waals surface area contributed by atoms with E-state index < -0.39 is 0 Å². The lowest BCUT2D eigenvalue weighted by Gasteiger charge is -2.24. The Kier molecular flexibility index (Phi) is 4.12. The summed E-state index contributed by atoms with van der Waals surface area (Å²) in [7, 11) is 3.93. The van der Waals surface area contributed by atoms with Crippen molar-refractivity contribution in [3.63, 3.8) is 0 Å². The van der Waals surface area contributed by atoms with Crippen LogP contribution in [0.15, 0.2) is 24.3 Å². The molecular formula is C13H21N3O. The fourth-order valence-corrected chi connectivity index (χ4v) is 1.34. The van der Waals surface area contributed by atoms with E-state index >= 15 is 0 Å². The summed E-state index contributed by atoms with van der Waals surface area (Å²) in [5.74, 6) is -0.0919. The molecule has 0 aliphatic rings. The Labute approximate surface area is 103 Å². The number of nitrogens with one attached hydrogen (secondary N) is 1. The van der Waals surface area contributed by atoms with Crippen LogP contribution in [0.3, 0.4) is 0 Å². The number of hydrogen-bond acceptors (Lipinski definition) is 3. The molecule has 1 rings (SSSR count). The van der Waals surface area contributed by atoms with Crippen LogP contribution in [0, 0.1) is 0 Å². The van der Waals surface area contributed by atoms with Crippen molar-refractivity contribution in [1.82, 2.24) is 5.32 Å². The van der Waals surface area contributed by atoms with Gasteiger partial charge in [-0.2, -0.15) is 0 Å². The third-order valence-electron chi connectivity index (χ3n) is 2.61. The normalized spacial score (nSPS) is 11.1. The van der Waals surface area contributed by atoms with E-state index in [4.69, 9.17) is 5.73 Å². The largest absolute Gasteiger partial charge is 0.378 e. The predicted octanol–water partition coefficient (Wildman–Crippen LogP) is 1.22. The van der Waals surface area contributed by atoms with E-state index in [0.717, 1.165) is 5.69 Å². The molecule has 4 heteroatoms. The summed E-state index contributed by atoms with van der Waals surface area (Å²) in [6, 6.07) is 7.48. The maximum Gasteiger partial charge on any atom is 0.251 e. The van der Waals surface area contributed by atoms with Crippen LogP contribution in [0.25, 0.3) is 0 Å². The van der Waals surface area contributed by atoms with Gasteiger partial charge in [0.15, 0.2) is 0 Å². The second-order valence-corrected chi connectivity index (χ2v) is 4.98. The van der Waals surface area contributed by atoms with Gasteiger partial charge in [-0.3, -0.25) is 4.79 Å². The molecule has 0 saturated carbocycles. The number of nitrogens with zero attached hydrogens (tertiary/aromatic N) is 1. The topological polar surface area (TPSA) is 58.4 Å². The number of benzene rings is 1. The standard InChI is InChI=1S/C13H21N3O/c1-13(2,9-14)15-12(17)10-5-7-11(8-6-10)16(3)4/h5-8H,9,14H2,1-4H3,(H,15,17). The Morgan fingerprint density at radius 3 is 2.24 bits per heavy atom. The van der Waals surface area contributed by atoms with E-state index in [1.165, 1.54) is 0 Å².